The Hall–Kier alpha value is -1.80. The molecule has 0 atom stereocenters. The number of esters is 1. The Balaban J connectivity index is 2.09. The Morgan fingerprint density at radius 2 is 2.19 bits per heavy atom. The fourth-order valence-corrected chi connectivity index (χ4v) is 2.77. The largest absolute Gasteiger partial charge is 0.465 e. The molecule has 110 valence electrons. The molecule has 8 heteroatoms. The first-order valence-corrected chi connectivity index (χ1v) is 8.18. The molecule has 6 nitrogen and oxygen atoms in total. The van der Waals surface area contributed by atoms with Crippen LogP contribution in [0.4, 0.5) is 5.82 Å². The van der Waals surface area contributed by atoms with Gasteiger partial charge in [0.2, 0.25) is 0 Å². The number of rotatable bonds is 5. The summed E-state index contributed by atoms with van der Waals surface area (Å²) in [6, 6.07) is 5.04. The van der Waals surface area contributed by atoms with E-state index in [1.54, 1.807) is 24.4 Å². The molecule has 0 saturated heterocycles. The maximum atomic E-state index is 11.5. The molecular formula is C13H14N4O2S2. The van der Waals surface area contributed by atoms with Crippen LogP contribution in [0.1, 0.15) is 16.1 Å². The highest BCUT2D eigenvalue weighted by molar-refractivity contribution is 7.99. The first-order chi connectivity index (χ1) is 10.1. The van der Waals surface area contributed by atoms with Crippen molar-refractivity contribution in [1.29, 1.82) is 0 Å². The van der Waals surface area contributed by atoms with Gasteiger partial charge in [-0.3, -0.25) is 4.98 Å². The molecular weight excluding hydrogens is 308 g/mol. The molecule has 2 aromatic rings. The highest BCUT2D eigenvalue weighted by Crippen LogP contribution is 2.23. The standard InChI is InChI=1S/C13H14N4O2S2/c1-19-12(18)8-3-4-15-9(5-8)7-21-13-16-10(14)6-11(17-13)20-2/h3-6H,7H2,1-2H3,(H2,14,16,17). The van der Waals surface area contributed by atoms with Gasteiger partial charge in [-0.05, 0) is 18.4 Å². The molecule has 0 fully saturated rings. The monoisotopic (exact) mass is 322 g/mol. The molecule has 0 aromatic carbocycles. The minimum atomic E-state index is -0.381. The maximum absolute atomic E-state index is 11.5. The van der Waals surface area contributed by atoms with Crippen LogP contribution >= 0.6 is 23.5 Å². The maximum Gasteiger partial charge on any atom is 0.337 e. The summed E-state index contributed by atoms with van der Waals surface area (Å²) >= 11 is 2.92. The molecule has 0 aliphatic rings. The predicted octanol–water partition coefficient (Wildman–Crippen LogP) is 2.25. The van der Waals surface area contributed by atoms with Gasteiger partial charge < -0.3 is 10.5 Å². The predicted molar refractivity (Wildman–Crippen MR) is 83.4 cm³/mol. The van der Waals surface area contributed by atoms with Crippen LogP contribution in [-0.4, -0.2) is 34.3 Å². The third-order valence-corrected chi connectivity index (χ3v) is 4.01. The second-order valence-electron chi connectivity index (χ2n) is 3.93. The number of ether oxygens (including phenoxy) is 1. The van der Waals surface area contributed by atoms with Crippen molar-refractivity contribution in [2.45, 2.75) is 15.9 Å². The summed E-state index contributed by atoms with van der Waals surface area (Å²) in [5, 5.41) is 1.41. The van der Waals surface area contributed by atoms with Crippen molar-refractivity contribution < 1.29 is 9.53 Å². The number of aromatic nitrogens is 3. The van der Waals surface area contributed by atoms with Crippen LogP contribution < -0.4 is 5.73 Å². The highest BCUT2D eigenvalue weighted by Gasteiger charge is 2.08. The third-order valence-electron chi connectivity index (χ3n) is 2.50. The van der Waals surface area contributed by atoms with Gasteiger partial charge in [0, 0.05) is 18.0 Å². The van der Waals surface area contributed by atoms with E-state index in [1.165, 1.54) is 30.6 Å². The molecule has 0 spiro atoms. The third kappa shape index (κ3) is 4.33. The average Bonchev–Trinajstić information content (AvgIpc) is 2.51. The van der Waals surface area contributed by atoms with Crippen molar-refractivity contribution in [1.82, 2.24) is 15.0 Å². The normalized spacial score (nSPS) is 10.4. The van der Waals surface area contributed by atoms with Gasteiger partial charge in [0.25, 0.3) is 0 Å². The zero-order valence-electron chi connectivity index (χ0n) is 11.6. The molecule has 0 unspecified atom stereocenters. The van der Waals surface area contributed by atoms with Crippen molar-refractivity contribution in [2.75, 3.05) is 19.1 Å². The molecule has 2 rings (SSSR count). The van der Waals surface area contributed by atoms with Gasteiger partial charge in [0.15, 0.2) is 5.16 Å². The summed E-state index contributed by atoms with van der Waals surface area (Å²) in [5.41, 5.74) is 6.95. The lowest BCUT2D eigenvalue weighted by atomic mass is 10.2. The van der Waals surface area contributed by atoms with Crippen molar-refractivity contribution in [3.63, 3.8) is 0 Å². The number of carbonyl (C=O) groups excluding carboxylic acids is 1. The zero-order chi connectivity index (χ0) is 15.2. The number of anilines is 1. The SMILES string of the molecule is COC(=O)c1ccnc(CSc2nc(N)cc(SC)n2)c1. The van der Waals surface area contributed by atoms with Crippen molar-refractivity contribution in [3.8, 4) is 0 Å². The van der Waals surface area contributed by atoms with Gasteiger partial charge in [-0.15, -0.1) is 11.8 Å². The van der Waals surface area contributed by atoms with E-state index >= 15 is 0 Å². The van der Waals surface area contributed by atoms with Gasteiger partial charge in [0.1, 0.15) is 10.8 Å². The Labute approximate surface area is 130 Å². The summed E-state index contributed by atoms with van der Waals surface area (Å²) in [7, 11) is 1.35. The lowest BCUT2D eigenvalue weighted by Gasteiger charge is -2.04. The first kappa shape index (κ1) is 15.6. The quantitative estimate of drug-likeness (QED) is 0.388. The van der Waals surface area contributed by atoms with E-state index in [0.717, 1.165) is 10.7 Å². The Bertz CT molecular complexity index is 652. The second kappa shape index (κ2) is 7.28. The van der Waals surface area contributed by atoms with E-state index in [0.29, 0.717) is 22.3 Å². The van der Waals surface area contributed by atoms with Gasteiger partial charge >= 0.3 is 5.97 Å². The number of hydrogen-bond acceptors (Lipinski definition) is 8. The number of carbonyl (C=O) groups is 1. The molecule has 0 amide bonds. The van der Waals surface area contributed by atoms with Crippen LogP contribution in [-0.2, 0) is 10.5 Å². The second-order valence-corrected chi connectivity index (χ2v) is 5.70. The number of nitrogen functional groups attached to an aromatic ring is 1. The summed E-state index contributed by atoms with van der Waals surface area (Å²) < 4.78 is 4.68. The van der Waals surface area contributed by atoms with Crippen molar-refractivity contribution >= 4 is 35.3 Å². The molecule has 0 bridgehead atoms. The molecule has 2 heterocycles. The summed E-state index contributed by atoms with van der Waals surface area (Å²) in [6.07, 6.45) is 3.51. The molecule has 0 aliphatic carbocycles. The topological polar surface area (TPSA) is 91.0 Å². The van der Waals surface area contributed by atoms with Crippen LogP contribution in [0.5, 0.6) is 0 Å². The van der Waals surface area contributed by atoms with Crippen LogP contribution in [0.3, 0.4) is 0 Å². The number of thioether (sulfide) groups is 2. The summed E-state index contributed by atoms with van der Waals surface area (Å²) in [6.45, 7) is 0. The van der Waals surface area contributed by atoms with E-state index in [1.807, 2.05) is 6.26 Å². The number of methoxy groups -OCH3 is 1. The number of nitrogens with zero attached hydrogens (tertiary/aromatic N) is 3. The molecule has 0 radical (unpaired) electrons. The van der Waals surface area contributed by atoms with E-state index < -0.39 is 0 Å². The highest BCUT2D eigenvalue weighted by atomic mass is 32.2. The number of nitrogens with two attached hydrogens (primary N) is 1. The summed E-state index contributed by atoms with van der Waals surface area (Å²) in [5.74, 6) is 0.601. The molecule has 2 aromatic heterocycles. The summed E-state index contributed by atoms with van der Waals surface area (Å²) in [4.78, 5) is 24.2. The Morgan fingerprint density at radius 1 is 1.38 bits per heavy atom. The minimum Gasteiger partial charge on any atom is -0.465 e. The number of hydrogen-bond donors (Lipinski definition) is 1. The van der Waals surface area contributed by atoms with E-state index in [4.69, 9.17) is 5.73 Å². The first-order valence-electron chi connectivity index (χ1n) is 5.97. The van der Waals surface area contributed by atoms with E-state index in [9.17, 15) is 4.79 Å². The van der Waals surface area contributed by atoms with Crippen molar-refractivity contribution in [3.05, 3.63) is 35.7 Å². The average molecular weight is 322 g/mol. The lowest BCUT2D eigenvalue weighted by Crippen LogP contribution is -2.02. The minimum absolute atomic E-state index is 0.381. The van der Waals surface area contributed by atoms with Gasteiger partial charge in [-0.25, -0.2) is 14.8 Å². The van der Waals surface area contributed by atoms with Gasteiger partial charge in [0.05, 0.1) is 18.4 Å². The van der Waals surface area contributed by atoms with Crippen LogP contribution in [0.15, 0.2) is 34.6 Å². The number of pyridine rings is 1. The Kier molecular flexibility index (Phi) is 5.40. The van der Waals surface area contributed by atoms with Gasteiger partial charge in [-0.2, -0.15) is 0 Å². The zero-order valence-corrected chi connectivity index (χ0v) is 13.2. The van der Waals surface area contributed by atoms with Crippen LogP contribution in [0.25, 0.3) is 0 Å². The van der Waals surface area contributed by atoms with Crippen LogP contribution in [0, 0.1) is 0 Å². The van der Waals surface area contributed by atoms with Gasteiger partial charge in [-0.1, -0.05) is 11.8 Å². The molecule has 0 saturated carbocycles. The Morgan fingerprint density at radius 3 is 2.90 bits per heavy atom. The smallest absolute Gasteiger partial charge is 0.337 e. The molecule has 0 aliphatic heterocycles. The van der Waals surface area contributed by atoms with Crippen molar-refractivity contribution in [2.24, 2.45) is 0 Å². The molecule has 21 heavy (non-hydrogen) atoms. The fraction of sp³-hybridized carbons (Fsp3) is 0.231. The van der Waals surface area contributed by atoms with Crippen LogP contribution in [0.2, 0.25) is 0 Å². The van der Waals surface area contributed by atoms with E-state index in [2.05, 4.69) is 19.7 Å². The lowest BCUT2D eigenvalue weighted by molar-refractivity contribution is 0.0600. The van der Waals surface area contributed by atoms with E-state index in [-0.39, 0.29) is 5.97 Å². The molecule has 2 N–H and O–H groups in total. The fourth-order valence-electron chi connectivity index (χ4n) is 1.53.